The van der Waals surface area contributed by atoms with Crippen LogP contribution >= 0.6 is 0 Å². The molecule has 1 atom stereocenters. The number of hydrogen-bond acceptors (Lipinski definition) is 4. The SMILES string of the molecule is COc1ncccc1CN1CC(C)NCC12CCCCC2. The predicted molar refractivity (Wildman–Crippen MR) is 84.5 cm³/mol. The predicted octanol–water partition coefficient (Wildman–Crippen LogP) is 2.59. The molecule has 2 heterocycles. The third-order valence-electron chi connectivity index (χ3n) is 5.13. The molecule has 1 N–H and O–H groups in total. The maximum absolute atomic E-state index is 5.44. The van der Waals surface area contributed by atoms with Gasteiger partial charge in [0.1, 0.15) is 0 Å². The van der Waals surface area contributed by atoms with Gasteiger partial charge in [0, 0.05) is 43.0 Å². The highest BCUT2D eigenvalue weighted by Gasteiger charge is 2.41. The van der Waals surface area contributed by atoms with E-state index in [1.54, 1.807) is 13.3 Å². The molecule has 0 bridgehead atoms. The van der Waals surface area contributed by atoms with Gasteiger partial charge in [0.15, 0.2) is 0 Å². The summed E-state index contributed by atoms with van der Waals surface area (Å²) in [5, 5.41) is 3.70. The maximum Gasteiger partial charge on any atom is 0.217 e. The van der Waals surface area contributed by atoms with Crippen LogP contribution in [0.3, 0.4) is 0 Å². The fourth-order valence-corrected chi connectivity index (χ4v) is 3.93. The van der Waals surface area contributed by atoms with Crippen molar-refractivity contribution in [2.45, 2.75) is 57.2 Å². The van der Waals surface area contributed by atoms with Gasteiger partial charge in [0.05, 0.1) is 7.11 Å². The molecule has 0 amide bonds. The molecule has 1 aliphatic heterocycles. The molecule has 2 aliphatic rings. The minimum atomic E-state index is 0.339. The van der Waals surface area contributed by atoms with Gasteiger partial charge in [-0.2, -0.15) is 0 Å². The van der Waals surface area contributed by atoms with Crippen LogP contribution < -0.4 is 10.1 Å². The minimum absolute atomic E-state index is 0.339. The molecule has 2 fully saturated rings. The minimum Gasteiger partial charge on any atom is -0.481 e. The third-order valence-corrected chi connectivity index (χ3v) is 5.13. The van der Waals surface area contributed by atoms with Crippen LogP contribution in [0.25, 0.3) is 0 Å². The van der Waals surface area contributed by atoms with E-state index in [0.717, 1.165) is 25.5 Å². The molecule has 1 aromatic heterocycles. The number of rotatable bonds is 3. The number of nitrogens with one attached hydrogen (secondary N) is 1. The Morgan fingerprint density at radius 1 is 1.38 bits per heavy atom. The van der Waals surface area contributed by atoms with Gasteiger partial charge in [-0.1, -0.05) is 25.3 Å². The Hall–Kier alpha value is -1.13. The van der Waals surface area contributed by atoms with Gasteiger partial charge in [-0.3, -0.25) is 4.90 Å². The zero-order chi connectivity index (χ0) is 14.7. The smallest absolute Gasteiger partial charge is 0.217 e. The van der Waals surface area contributed by atoms with E-state index in [2.05, 4.69) is 28.2 Å². The maximum atomic E-state index is 5.44. The quantitative estimate of drug-likeness (QED) is 0.928. The van der Waals surface area contributed by atoms with Crippen LogP contribution in [0, 0.1) is 0 Å². The van der Waals surface area contributed by atoms with Crippen LogP contribution in [-0.2, 0) is 6.54 Å². The number of piperazine rings is 1. The number of pyridine rings is 1. The molecule has 1 unspecified atom stereocenters. The second-order valence-corrected chi connectivity index (χ2v) is 6.62. The van der Waals surface area contributed by atoms with E-state index >= 15 is 0 Å². The highest BCUT2D eigenvalue weighted by Crippen LogP contribution is 2.36. The van der Waals surface area contributed by atoms with Gasteiger partial charge in [-0.25, -0.2) is 4.98 Å². The van der Waals surface area contributed by atoms with Crippen LogP contribution in [-0.4, -0.2) is 41.7 Å². The summed E-state index contributed by atoms with van der Waals surface area (Å²) in [6.45, 7) is 5.46. The van der Waals surface area contributed by atoms with E-state index in [0.29, 0.717) is 11.6 Å². The van der Waals surface area contributed by atoms with Crippen molar-refractivity contribution in [1.29, 1.82) is 0 Å². The summed E-state index contributed by atoms with van der Waals surface area (Å²) < 4.78 is 5.44. The molecule has 1 spiro atoms. The van der Waals surface area contributed by atoms with Crippen molar-refractivity contribution in [3.63, 3.8) is 0 Å². The number of nitrogens with zero attached hydrogens (tertiary/aromatic N) is 2. The van der Waals surface area contributed by atoms with Crippen molar-refractivity contribution >= 4 is 0 Å². The average Bonchev–Trinajstić information content (AvgIpc) is 2.53. The fourth-order valence-electron chi connectivity index (χ4n) is 3.93. The van der Waals surface area contributed by atoms with Crippen molar-refractivity contribution in [3.05, 3.63) is 23.9 Å². The van der Waals surface area contributed by atoms with Crippen molar-refractivity contribution in [3.8, 4) is 5.88 Å². The summed E-state index contributed by atoms with van der Waals surface area (Å²) in [6.07, 6.45) is 8.54. The fraction of sp³-hybridized carbons (Fsp3) is 0.706. The summed E-state index contributed by atoms with van der Waals surface area (Å²) in [5.74, 6) is 0.773. The monoisotopic (exact) mass is 289 g/mol. The highest BCUT2D eigenvalue weighted by molar-refractivity contribution is 5.25. The summed E-state index contributed by atoms with van der Waals surface area (Å²) >= 11 is 0. The lowest BCUT2D eigenvalue weighted by Crippen LogP contribution is -2.64. The Bertz CT molecular complexity index is 471. The Labute approximate surface area is 127 Å². The van der Waals surface area contributed by atoms with Gasteiger partial charge in [-0.05, 0) is 25.8 Å². The first kappa shape index (κ1) is 14.8. The van der Waals surface area contributed by atoms with Gasteiger partial charge in [-0.15, -0.1) is 0 Å². The number of ether oxygens (including phenoxy) is 1. The standard InChI is InChI=1S/C17H27N3O/c1-14-11-20(12-15-7-6-10-18-16(15)21-2)17(13-19-14)8-4-3-5-9-17/h6-7,10,14,19H,3-5,8-9,11-13H2,1-2H3. The molecule has 3 rings (SSSR count). The Morgan fingerprint density at radius 3 is 2.95 bits per heavy atom. The molecule has 0 radical (unpaired) electrons. The number of methoxy groups -OCH3 is 1. The molecule has 1 saturated heterocycles. The second-order valence-electron chi connectivity index (χ2n) is 6.62. The normalized spacial score (nSPS) is 25.9. The van der Waals surface area contributed by atoms with E-state index < -0.39 is 0 Å². The highest BCUT2D eigenvalue weighted by atomic mass is 16.5. The summed E-state index contributed by atoms with van der Waals surface area (Å²) in [6, 6.07) is 4.71. The molecular weight excluding hydrogens is 262 g/mol. The molecule has 1 aliphatic carbocycles. The van der Waals surface area contributed by atoms with E-state index in [1.807, 2.05) is 6.07 Å². The average molecular weight is 289 g/mol. The molecule has 21 heavy (non-hydrogen) atoms. The lowest BCUT2D eigenvalue weighted by molar-refractivity contribution is 0.00562. The van der Waals surface area contributed by atoms with E-state index in [1.165, 1.54) is 37.7 Å². The van der Waals surface area contributed by atoms with E-state index in [-0.39, 0.29) is 0 Å². The molecular formula is C17H27N3O. The summed E-state index contributed by atoms with van der Waals surface area (Å²) in [7, 11) is 1.71. The Kier molecular flexibility index (Phi) is 4.45. The van der Waals surface area contributed by atoms with Gasteiger partial charge < -0.3 is 10.1 Å². The first-order valence-corrected chi connectivity index (χ1v) is 8.20. The second kappa shape index (κ2) is 6.32. The first-order chi connectivity index (χ1) is 10.2. The van der Waals surface area contributed by atoms with Crippen molar-refractivity contribution in [2.75, 3.05) is 20.2 Å². The zero-order valence-electron chi connectivity index (χ0n) is 13.3. The summed E-state index contributed by atoms with van der Waals surface area (Å²) in [4.78, 5) is 7.04. The first-order valence-electron chi connectivity index (χ1n) is 8.20. The number of aromatic nitrogens is 1. The van der Waals surface area contributed by atoms with Gasteiger partial charge >= 0.3 is 0 Å². The van der Waals surface area contributed by atoms with Crippen LogP contribution in [0.2, 0.25) is 0 Å². The Balaban J connectivity index is 1.82. The van der Waals surface area contributed by atoms with Crippen LogP contribution in [0.5, 0.6) is 5.88 Å². The third kappa shape index (κ3) is 3.06. The zero-order valence-corrected chi connectivity index (χ0v) is 13.3. The van der Waals surface area contributed by atoms with Crippen LogP contribution in [0.4, 0.5) is 0 Å². The largest absolute Gasteiger partial charge is 0.481 e. The molecule has 116 valence electrons. The van der Waals surface area contributed by atoms with Gasteiger partial charge in [0.2, 0.25) is 5.88 Å². The van der Waals surface area contributed by atoms with Crippen LogP contribution in [0.15, 0.2) is 18.3 Å². The van der Waals surface area contributed by atoms with Crippen molar-refractivity contribution in [2.24, 2.45) is 0 Å². The van der Waals surface area contributed by atoms with Crippen molar-refractivity contribution in [1.82, 2.24) is 15.2 Å². The number of hydrogen-bond donors (Lipinski definition) is 1. The summed E-state index contributed by atoms with van der Waals surface area (Å²) in [5.41, 5.74) is 1.55. The van der Waals surface area contributed by atoms with Crippen molar-refractivity contribution < 1.29 is 4.74 Å². The molecule has 1 aromatic rings. The molecule has 0 aromatic carbocycles. The molecule has 1 saturated carbocycles. The van der Waals surface area contributed by atoms with E-state index in [9.17, 15) is 0 Å². The van der Waals surface area contributed by atoms with Gasteiger partial charge in [0.25, 0.3) is 0 Å². The van der Waals surface area contributed by atoms with Crippen LogP contribution in [0.1, 0.15) is 44.6 Å². The topological polar surface area (TPSA) is 37.4 Å². The lowest BCUT2D eigenvalue weighted by Gasteiger charge is -2.51. The lowest BCUT2D eigenvalue weighted by atomic mass is 9.78. The Morgan fingerprint density at radius 2 is 2.19 bits per heavy atom. The molecule has 4 nitrogen and oxygen atoms in total. The van der Waals surface area contributed by atoms with E-state index in [4.69, 9.17) is 4.74 Å². The molecule has 4 heteroatoms.